The minimum absolute atomic E-state index is 0.228. The molecule has 15 heavy (non-hydrogen) atoms. The van der Waals surface area contributed by atoms with Gasteiger partial charge in [0, 0.05) is 18.9 Å². The Labute approximate surface area is 91.5 Å². The van der Waals surface area contributed by atoms with Gasteiger partial charge >= 0.3 is 0 Å². The number of ether oxygens (including phenoxy) is 2. The quantitative estimate of drug-likeness (QED) is 0.695. The molecule has 2 aliphatic rings. The normalized spacial score (nSPS) is 25.1. The van der Waals surface area contributed by atoms with Gasteiger partial charge in [0.15, 0.2) is 5.79 Å². The standard InChI is InChI=1S/C12H19NO2/c1-2-3-8-13-11-4-6-12(7-5-11)14-9-10-15-12/h11,13H,4-10H2,1H3. The zero-order chi connectivity index (χ0) is 10.6. The Bertz CT molecular complexity index is 251. The van der Waals surface area contributed by atoms with Crippen molar-refractivity contribution in [3.63, 3.8) is 0 Å². The summed E-state index contributed by atoms with van der Waals surface area (Å²) in [6.45, 7) is 4.20. The van der Waals surface area contributed by atoms with Crippen LogP contribution in [0.3, 0.4) is 0 Å². The Balaban J connectivity index is 1.73. The van der Waals surface area contributed by atoms with Crippen LogP contribution in [0.25, 0.3) is 0 Å². The van der Waals surface area contributed by atoms with Gasteiger partial charge in [-0.25, -0.2) is 0 Å². The highest BCUT2D eigenvalue weighted by molar-refractivity contribution is 4.98. The Morgan fingerprint density at radius 1 is 1.27 bits per heavy atom. The van der Waals surface area contributed by atoms with E-state index in [0.717, 1.165) is 45.4 Å². The second-order valence-corrected chi connectivity index (χ2v) is 4.19. The smallest absolute Gasteiger partial charge is 0.168 e. The molecule has 0 radical (unpaired) electrons. The summed E-state index contributed by atoms with van der Waals surface area (Å²) in [5.41, 5.74) is 0. The second-order valence-electron chi connectivity index (χ2n) is 4.19. The predicted octanol–water partition coefficient (Wildman–Crippen LogP) is 1.28. The molecule has 2 rings (SSSR count). The third-order valence-electron chi connectivity index (χ3n) is 3.22. The third kappa shape index (κ3) is 2.72. The van der Waals surface area contributed by atoms with Gasteiger partial charge in [0.25, 0.3) is 0 Å². The molecule has 84 valence electrons. The van der Waals surface area contributed by atoms with Crippen molar-refractivity contribution in [2.24, 2.45) is 0 Å². The van der Waals surface area contributed by atoms with Crippen LogP contribution in [0.4, 0.5) is 0 Å². The van der Waals surface area contributed by atoms with Crippen molar-refractivity contribution in [3.05, 3.63) is 0 Å². The highest BCUT2D eigenvalue weighted by atomic mass is 16.7. The molecule has 0 atom stereocenters. The van der Waals surface area contributed by atoms with Crippen molar-refractivity contribution >= 4 is 0 Å². The predicted molar refractivity (Wildman–Crippen MR) is 58.3 cm³/mol. The van der Waals surface area contributed by atoms with E-state index >= 15 is 0 Å². The Morgan fingerprint density at radius 3 is 2.53 bits per heavy atom. The summed E-state index contributed by atoms with van der Waals surface area (Å²) in [5, 5.41) is 3.44. The highest BCUT2D eigenvalue weighted by Crippen LogP contribution is 2.35. The fourth-order valence-corrected chi connectivity index (χ4v) is 2.33. The fraction of sp³-hybridized carbons (Fsp3) is 0.833. The molecule has 1 aliphatic carbocycles. The average molecular weight is 209 g/mol. The van der Waals surface area contributed by atoms with Crippen LogP contribution in [0.15, 0.2) is 0 Å². The minimum atomic E-state index is -0.228. The molecule has 0 bridgehead atoms. The van der Waals surface area contributed by atoms with Crippen LogP contribution in [0.1, 0.15) is 32.6 Å². The van der Waals surface area contributed by atoms with Gasteiger partial charge in [-0.3, -0.25) is 0 Å². The van der Waals surface area contributed by atoms with Crippen LogP contribution < -0.4 is 5.32 Å². The number of hydrogen-bond donors (Lipinski definition) is 1. The van der Waals surface area contributed by atoms with Gasteiger partial charge in [0.1, 0.15) is 0 Å². The van der Waals surface area contributed by atoms with E-state index in [0.29, 0.717) is 6.04 Å². The number of rotatable bonds is 2. The van der Waals surface area contributed by atoms with Gasteiger partial charge in [0.2, 0.25) is 0 Å². The summed E-state index contributed by atoms with van der Waals surface area (Å²) < 4.78 is 11.4. The average Bonchev–Trinajstić information content (AvgIpc) is 2.71. The van der Waals surface area contributed by atoms with Crippen molar-refractivity contribution in [2.45, 2.75) is 44.4 Å². The SMILES string of the molecule is CC#CCNC1CCC2(CC1)OCCO2. The van der Waals surface area contributed by atoms with Crippen molar-refractivity contribution in [1.29, 1.82) is 0 Å². The molecule has 0 aromatic heterocycles. The second kappa shape index (κ2) is 4.98. The summed E-state index contributed by atoms with van der Waals surface area (Å²) in [6, 6.07) is 0.587. The molecular weight excluding hydrogens is 190 g/mol. The highest BCUT2D eigenvalue weighted by Gasteiger charge is 2.39. The molecular formula is C12H19NO2. The van der Waals surface area contributed by atoms with Crippen LogP contribution in [0.2, 0.25) is 0 Å². The first kappa shape index (κ1) is 10.9. The lowest BCUT2D eigenvalue weighted by Gasteiger charge is -2.35. The van der Waals surface area contributed by atoms with E-state index in [1.165, 1.54) is 0 Å². The van der Waals surface area contributed by atoms with E-state index in [1.54, 1.807) is 0 Å². The van der Waals surface area contributed by atoms with Gasteiger partial charge < -0.3 is 14.8 Å². The van der Waals surface area contributed by atoms with Crippen LogP contribution in [-0.2, 0) is 9.47 Å². The minimum Gasteiger partial charge on any atom is -0.348 e. The molecule has 1 saturated heterocycles. The van der Waals surface area contributed by atoms with Gasteiger partial charge in [-0.1, -0.05) is 5.92 Å². The molecule has 1 heterocycles. The molecule has 1 aliphatic heterocycles. The molecule has 2 fully saturated rings. The fourth-order valence-electron chi connectivity index (χ4n) is 2.33. The van der Waals surface area contributed by atoms with Gasteiger partial charge in [0.05, 0.1) is 19.8 Å². The van der Waals surface area contributed by atoms with Crippen molar-refractivity contribution in [1.82, 2.24) is 5.32 Å². The Kier molecular flexibility index (Phi) is 3.63. The van der Waals surface area contributed by atoms with Crippen LogP contribution in [0.5, 0.6) is 0 Å². The molecule has 0 amide bonds. The molecule has 3 heteroatoms. The number of hydrogen-bond acceptors (Lipinski definition) is 3. The lowest BCUT2D eigenvalue weighted by atomic mass is 9.90. The first-order valence-electron chi connectivity index (χ1n) is 5.75. The molecule has 1 N–H and O–H groups in total. The molecule has 0 aromatic carbocycles. The van der Waals surface area contributed by atoms with Gasteiger partial charge in [-0.2, -0.15) is 0 Å². The number of nitrogens with one attached hydrogen (secondary N) is 1. The lowest BCUT2D eigenvalue weighted by molar-refractivity contribution is -0.179. The zero-order valence-electron chi connectivity index (χ0n) is 9.34. The van der Waals surface area contributed by atoms with Gasteiger partial charge in [-0.15, -0.1) is 5.92 Å². The first-order chi connectivity index (χ1) is 7.35. The van der Waals surface area contributed by atoms with Crippen molar-refractivity contribution in [3.8, 4) is 11.8 Å². The van der Waals surface area contributed by atoms with Crippen LogP contribution in [0, 0.1) is 11.8 Å². The lowest BCUT2D eigenvalue weighted by Crippen LogP contribution is -2.42. The summed E-state index contributed by atoms with van der Waals surface area (Å²) in [7, 11) is 0. The summed E-state index contributed by atoms with van der Waals surface area (Å²) in [5.74, 6) is 5.70. The zero-order valence-corrected chi connectivity index (χ0v) is 9.34. The first-order valence-corrected chi connectivity index (χ1v) is 5.75. The summed E-state index contributed by atoms with van der Waals surface area (Å²) in [6.07, 6.45) is 4.30. The molecule has 1 spiro atoms. The van der Waals surface area contributed by atoms with E-state index in [1.807, 2.05) is 6.92 Å². The van der Waals surface area contributed by atoms with Gasteiger partial charge in [-0.05, 0) is 19.8 Å². The third-order valence-corrected chi connectivity index (χ3v) is 3.22. The van der Waals surface area contributed by atoms with Crippen LogP contribution in [-0.4, -0.2) is 31.6 Å². The monoisotopic (exact) mass is 209 g/mol. The van der Waals surface area contributed by atoms with Crippen molar-refractivity contribution < 1.29 is 9.47 Å². The van der Waals surface area contributed by atoms with E-state index in [4.69, 9.17) is 9.47 Å². The molecule has 3 nitrogen and oxygen atoms in total. The van der Waals surface area contributed by atoms with Crippen molar-refractivity contribution in [2.75, 3.05) is 19.8 Å². The maximum atomic E-state index is 5.68. The summed E-state index contributed by atoms with van der Waals surface area (Å²) >= 11 is 0. The van der Waals surface area contributed by atoms with E-state index in [9.17, 15) is 0 Å². The maximum Gasteiger partial charge on any atom is 0.168 e. The van der Waals surface area contributed by atoms with E-state index in [-0.39, 0.29) is 5.79 Å². The molecule has 1 saturated carbocycles. The summed E-state index contributed by atoms with van der Waals surface area (Å²) in [4.78, 5) is 0. The Hall–Kier alpha value is -0.560. The molecule has 0 unspecified atom stereocenters. The van der Waals surface area contributed by atoms with E-state index in [2.05, 4.69) is 17.2 Å². The largest absolute Gasteiger partial charge is 0.348 e. The molecule has 0 aromatic rings. The topological polar surface area (TPSA) is 30.5 Å². The maximum absolute atomic E-state index is 5.68. The van der Waals surface area contributed by atoms with Crippen LogP contribution >= 0.6 is 0 Å². The van der Waals surface area contributed by atoms with E-state index < -0.39 is 0 Å². The Morgan fingerprint density at radius 2 is 1.93 bits per heavy atom.